The molecule has 4 nitrogen and oxygen atoms in total. The zero-order valence-corrected chi connectivity index (χ0v) is 14.3. The van der Waals surface area contributed by atoms with Crippen molar-refractivity contribution in [3.8, 4) is 5.75 Å². The number of benzene rings is 2. The molecule has 2 aromatic rings. The number of carbonyl (C=O) groups is 1. The maximum absolute atomic E-state index is 11.8. The maximum Gasteiger partial charge on any atom is 0.321 e. The van der Waals surface area contributed by atoms with Crippen molar-refractivity contribution in [3.63, 3.8) is 0 Å². The van der Waals surface area contributed by atoms with Gasteiger partial charge in [0.15, 0.2) is 6.73 Å². The summed E-state index contributed by atoms with van der Waals surface area (Å²) in [5.41, 5.74) is 3.87. The van der Waals surface area contributed by atoms with E-state index in [4.69, 9.17) is 16.3 Å². The number of amides is 2. The Morgan fingerprint density at radius 2 is 1.74 bits per heavy atom. The third-order valence-electron chi connectivity index (χ3n) is 3.50. The lowest BCUT2D eigenvalue weighted by molar-refractivity contribution is 0.234. The van der Waals surface area contributed by atoms with E-state index in [-0.39, 0.29) is 12.8 Å². The zero-order chi connectivity index (χ0) is 16.8. The average Bonchev–Trinajstić information content (AvgIpc) is 2.53. The van der Waals surface area contributed by atoms with E-state index in [9.17, 15) is 4.79 Å². The first-order valence-corrected chi connectivity index (χ1v) is 7.90. The van der Waals surface area contributed by atoms with Crippen LogP contribution in [0.5, 0.6) is 5.75 Å². The van der Waals surface area contributed by atoms with Crippen LogP contribution >= 0.6 is 11.6 Å². The maximum atomic E-state index is 11.8. The monoisotopic (exact) mass is 332 g/mol. The SMILES string of the molecule is CCc1ccc(NC(=O)NCOc2cc(C)c(Cl)c(C)c2)cc1. The Labute approximate surface area is 141 Å². The van der Waals surface area contributed by atoms with Crippen molar-refractivity contribution >= 4 is 23.3 Å². The van der Waals surface area contributed by atoms with Gasteiger partial charge in [-0.25, -0.2) is 4.79 Å². The highest BCUT2D eigenvalue weighted by atomic mass is 35.5. The van der Waals surface area contributed by atoms with Crippen molar-refractivity contribution in [3.05, 3.63) is 58.1 Å². The molecule has 0 aliphatic heterocycles. The average molecular weight is 333 g/mol. The van der Waals surface area contributed by atoms with Crippen molar-refractivity contribution in [2.75, 3.05) is 12.0 Å². The lowest BCUT2D eigenvalue weighted by Crippen LogP contribution is -2.32. The van der Waals surface area contributed by atoms with Crippen molar-refractivity contribution in [1.82, 2.24) is 5.32 Å². The van der Waals surface area contributed by atoms with Gasteiger partial charge in [0.2, 0.25) is 0 Å². The number of nitrogens with one attached hydrogen (secondary N) is 2. The standard InChI is InChI=1S/C18H21ClN2O2/c1-4-14-5-7-15(8-6-14)21-18(22)20-11-23-16-9-12(2)17(19)13(3)10-16/h5-10H,4,11H2,1-3H3,(H2,20,21,22). The van der Waals surface area contributed by atoms with Gasteiger partial charge < -0.3 is 15.4 Å². The molecule has 0 fully saturated rings. The summed E-state index contributed by atoms with van der Waals surface area (Å²) in [6, 6.07) is 11.1. The topological polar surface area (TPSA) is 50.4 Å². The summed E-state index contributed by atoms with van der Waals surface area (Å²) in [7, 11) is 0. The van der Waals surface area contributed by atoms with Crippen molar-refractivity contribution in [2.45, 2.75) is 27.2 Å². The summed E-state index contributed by atoms with van der Waals surface area (Å²) < 4.78 is 5.54. The largest absolute Gasteiger partial charge is 0.473 e. The Hall–Kier alpha value is -2.20. The Kier molecular flexibility index (Phi) is 5.88. The molecule has 2 N–H and O–H groups in total. The number of anilines is 1. The van der Waals surface area contributed by atoms with Crippen LogP contribution in [0.4, 0.5) is 10.5 Å². The molecule has 0 saturated carbocycles. The molecule has 0 saturated heterocycles. The molecular weight excluding hydrogens is 312 g/mol. The minimum atomic E-state index is -0.309. The molecule has 0 aromatic heterocycles. The molecule has 0 bridgehead atoms. The Balaban J connectivity index is 1.82. The van der Waals surface area contributed by atoms with E-state index in [0.717, 1.165) is 28.3 Å². The van der Waals surface area contributed by atoms with E-state index in [1.807, 2.05) is 50.2 Å². The molecular formula is C18H21ClN2O2. The predicted molar refractivity (Wildman–Crippen MR) is 94.4 cm³/mol. The van der Waals surface area contributed by atoms with E-state index < -0.39 is 0 Å². The fourth-order valence-corrected chi connectivity index (χ4v) is 2.28. The highest BCUT2D eigenvalue weighted by molar-refractivity contribution is 6.32. The molecule has 0 aliphatic rings. The molecule has 23 heavy (non-hydrogen) atoms. The van der Waals surface area contributed by atoms with Crippen LogP contribution in [0.1, 0.15) is 23.6 Å². The number of aryl methyl sites for hydroxylation is 3. The quantitative estimate of drug-likeness (QED) is 0.781. The number of carbonyl (C=O) groups excluding carboxylic acids is 1. The van der Waals surface area contributed by atoms with Crippen LogP contribution in [0.3, 0.4) is 0 Å². The number of urea groups is 1. The minimum absolute atomic E-state index is 0.0827. The van der Waals surface area contributed by atoms with Crippen LogP contribution in [0.15, 0.2) is 36.4 Å². The second-order valence-electron chi connectivity index (χ2n) is 5.34. The number of halogens is 1. The van der Waals surface area contributed by atoms with Gasteiger partial charge in [-0.3, -0.25) is 0 Å². The summed E-state index contributed by atoms with van der Waals surface area (Å²) in [5, 5.41) is 6.15. The van der Waals surface area contributed by atoms with Gasteiger partial charge in [-0.05, 0) is 61.2 Å². The molecule has 0 atom stereocenters. The van der Waals surface area contributed by atoms with Crippen molar-refractivity contribution in [1.29, 1.82) is 0 Å². The normalized spacial score (nSPS) is 10.3. The molecule has 2 amide bonds. The van der Waals surface area contributed by atoms with Gasteiger partial charge in [0.1, 0.15) is 5.75 Å². The van der Waals surface area contributed by atoms with Gasteiger partial charge >= 0.3 is 6.03 Å². The Morgan fingerprint density at radius 3 is 2.30 bits per heavy atom. The predicted octanol–water partition coefficient (Wildman–Crippen LogP) is 4.68. The van der Waals surface area contributed by atoms with Crippen LogP contribution in [0, 0.1) is 13.8 Å². The first-order chi connectivity index (χ1) is 11.0. The Morgan fingerprint density at radius 1 is 1.13 bits per heavy atom. The third kappa shape index (κ3) is 4.89. The van der Waals surface area contributed by atoms with Crippen LogP contribution < -0.4 is 15.4 Å². The fraction of sp³-hybridized carbons (Fsp3) is 0.278. The Bertz CT molecular complexity index is 661. The van der Waals surface area contributed by atoms with Crippen LogP contribution in [-0.4, -0.2) is 12.8 Å². The van der Waals surface area contributed by atoms with Gasteiger partial charge in [-0.1, -0.05) is 30.7 Å². The number of hydrogen-bond donors (Lipinski definition) is 2. The summed E-state index contributed by atoms with van der Waals surface area (Å²) in [5.74, 6) is 0.678. The van der Waals surface area contributed by atoms with Gasteiger partial charge in [-0.2, -0.15) is 0 Å². The number of ether oxygens (including phenoxy) is 1. The first-order valence-electron chi connectivity index (χ1n) is 7.53. The third-order valence-corrected chi connectivity index (χ3v) is 4.10. The highest BCUT2D eigenvalue weighted by Crippen LogP contribution is 2.25. The summed E-state index contributed by atoms with van der Waals surface area (Å²) in [4.78, 5) is 11.8. The molecule has 0 heterocycles. The van der Waals surface area contributed by atoms with Crippen molar-refractivity contribution < 1.29 is 9.53 Å². The van der Waals surface area contributed by atoms with E-state index >= 15 is 0 Å². The van der Waals surface area contributed by atoms with E-state index in [0.29, 0.717) is 5.75 Å². The molecule has 0 unspecified atom stereocenters. The smallest absolute Gasteiger partial charge is 0.321 e. The number of hydrogen-bond acceptors (Lipinski definition) is 2. The van der Waals surface area contributed by atoms with Gasteiger partial charge in [0.05, 0.1) is 0 Å². The van der Waals surface area contributed by atoms with Crippen molar-refractivity contribution in [2.24, 2.45) is 0 Å². The van der Waals surface area contributed by atoms with Crippen LogP contribution in [0.25, 0.3) is 0 Å². The highest BCUT2D eigenvalue weighted by Gasteiger charge is 2.05. The second-order valence-corrected chi connectivity index (χ2v) is 5.72. The number of rotatable bonds is 5. The molecule has 122 valence electrons. The lowest BCUT2D eigenvalue weighted by atomic mass is 10.1. The molecule has 2 rings (SSSR count). The molecule has 0 radical (unpaired) electrons. The molecule has 0 spiro atoms. The van der Waals surface area contributed by atoms with Crippen LogP contribution in [0.2, 0.25) is 5.02 Å². The van der Waals surface area contributed by atoms with E-state index in [1.165, 1.54) is 5.56 Å². The minimum Gasteiger partial charge on any atom is -0.473 e. The zero-order valence-electron chi connectivity index (χ0n) is 13.6. The lowest BCUT2D eigenvalue weighted by Gasteiger charge is -2.11. The fourth-order valence-electron chi connectivity index (χ4n) is 2.17. The second kappa shape index (κ2) is 7.88. The van der Waals surface area contributed by atoms with E-state index in [2.05, 4.69) is 17.6 Å². The van der Waals surface area contributed by atoms with Gasteiger partial charge in [0.25, 0.3) is 0 Å². The first kappa shape index (κ1) is 17.2. The summed E-state index contributed by atoms with van der Waals surface area (Å²) in [6.45, 7) is 6.01. The van der Waals surface area contributed by atoms with E-state index in [1.54, 1.807) is 0 Å². The summed E-state index contributed by atoms with van der Waals surface area (Å²) in [6.07, 6.45) is 0.972. The van der Waals surface area contributed by atoms with Crippen LogP contribution in [-0.2, 0) is 6.42 Å². The molecule has 5 heteroatoms. The van der Waals surface area contributed by atoms with Gasteiger partial charge in [-0.15, -0.1) is 0 Å². The molecule has 0 aliphatic carbocycles. The summed E-state index contributed by atoms with van der Waals surface area (Å²) >= 11 is 6.11. The van der Waals surface area contributed by atoms with Gasteiger partial charge in [0, 0.05) is 10.7 Å². The molecule has 2 aromatic carbocycles.